The highest BCUT2D eigenvalue weighted by Crippen LogP contribution is 2.23. The molecule has 9 heteroatoms. The van der Waals surface area contributed by atoms with Gasteiger partial charge in [0.2, 0.25) is 11.7 Å². The third-order valence-corrected chi connectivity index (χ3v) is 5.02. The van der Waals surface area contributed by atoms with E-state index in [1.165, 1.54) is 0 Å². The van der Waals surface area contributed by atoms with Crippen molar-refractivity contribution in [3.8, 4) is 11.4 Å². The van der Waals surface area contributed by atoms with E-state index in [-0.39, 0.29) is 11.5 Å². The van der Waals surface area contributed by atoms with E-state index >= 15 is 0 Å². The van der Waals surface area contributed by atoms with Crippen molar-refractivity contribution < 1.29 is 9.26 Å². The van der Waals surface area contributed by atoms with Crippen molar-refractivity contribution in [3.63, 3.8) is 0 Å². The van der Waals surface area contributed by atoms with Crippen molar-refractivity contribution >= 4 is 22.5 Å². The summed E-state index contributed by atoms with van der Waals surface area (Å²) in [6.07, 6.45) is 3.80. The Morgan fingerprint density at radius 2 is 2.13 bits per heavy atom. The molecule has 0 bridgehead atoms. The zero-order valence-electron chi connectivity index (χ0n) is 16.6. The maximum absolute atomic E-state index is 13.0. The molecule has 0 aliphatic carbocycles. The Balaban J connectivity index is 1.68. The van der Waals surface area contributed by atoms with Crippen LogP contribution >= 0.6 is 11.6 Å². The van der Waals surface area contributed by atoms with Gasteiger partial charge in [-0.05, 0) is 30.3 Å². The van der Waals surface area contributed by atoms with Gasteiger partial charge in [0.1, 0.15) is 5.82 Å². The highest BCUT2D eigenvalue weighted by atomic mass is 35.5. The lowest BCUT2D eigenvalue weighted by molar-refractivity contribution is 0.184. The van der Waals surface area contributed by atoms with Crippen LogP contribution in [-0.2, 0) is 17.7 Å². The van der Waals surface area contributed by atoms with E-state index in [0.717, 1.165) is 5.56 Å². The molecule has 0 spiro atoms. The molecular formula is C21H20ClN5O3. The minimum atomic E-state index is -0.153. The molecule has 8 nitrogen and oxygen atoms in total. The van der Waals surface area contributed by atoms with Crippen LogP contribution in [0.25, 0.3) is 22.3 Å². The summed E-state index contributed by atoms with van der Waals surface area (Å²) in [6, 6.07) is 8.76. The average molecular weight is 426 g/mol. The third kappa shape index (κ3) is 4.10. The van der Waals surface area contributed by atoms with Crippen molar-refractivity contribution in [1.82, 2.24) is 24.7 Å². The molecule has 3 heterocycles. The second kappa shape index (κ2) is 8.73. The van der Waals surface area contributed by atoms with Gasteiger partial charge in [-0.15, -0.1) is 0 Å². The first-order valence-corrected chi connectivity index (χ1v) is 9.86. The summed E-state index contributed by atoms with van der Waals surface area (Å²) in [7, 11) is 1.60. The fraction of sp³-hybridized carbons (Fsp3) is 0.286. The van der Waals surface area contributed by atoms with E-state index in [1.807, 2.05) is 19.1 Å². The molecule has 154 valence electrons. The van der Waals surface area contributed by atoms with E-state index in [4.69, 9.17) is 25.8 Å². The maximum atomic E-state index is 13.0. The number of ether oxygens (including phenoxy) is 1. The molecule has 0 amide bonds. The van der Waals surface area contributed by atoms with E-state index in [1.54, 1.807) is 42.3 Å². The second-order valence-corrected chi connectivity index (χ2v) is 7.38. The van der Waals surface area contributed by atoms with Crippen molar-refractivity contribution in [3.05, 3.63) is 69.8 Å². The molecule has 0 N–H and O–H groups in total. The number of methoxy groups -OCH3 is 1. The first kappa shape index (κ1) is 20.2. The number of fused-ring (bicyclic) bond motifs is 1. The van der Waals surface area contributed by atoms with Gasteiger partial charge in [-0.2, -0.15) is 4.98 Å². The van der Waals surface area contributed by atoms with Crippen molar-refractivity contribution in [2.75, 3.05) is 13.7 Å². The van der Waals surface area contributed by atoms with Crippen molar-refractivity contribution in [2.45, 2.75) is 25.8 Å². The van der Waals surface area contributed by atoms with Gasteiger partial charge in [-0.3, -0.25) is 14.3 Å². The molecule has 0 aliphatic heterocycles. The number of pyridine rings is 1. The molecule has 30 heavy (non-hydrogen) atoms. The molecule has 4 rings (SSSR count). The SMILES string of the molecule is COCCn1c(CC(C)c2nc(-c3cccnc3)no2)nc2cc(Cl)ccc2c1=O. The summed E-state index contributed by atoms with van der Waals surface area (Å²) in [4.78, 5) is 26.3. The summed E-state index contributed by atoms with van der Waals surface area (Å²) in [5.74, 6) is 1.40. The second-order valence-electron chi connectivity index (χ2n) is 6.94. The number of halogens is 1. The van der Waals surface area contributed by atoms with Crippen molar-refractivity contribution in [1.29, 1.82) is 0 Å². The van der Waals surface area contributed by atoms with Crippen LogP contribution in [-0.4, -0.2) is 38.4 Å². The molecule has 0 radical (unpaired) electrons. The first-order valence-electron chi connectivity index (χ1n) is 9.48. The minimum Gasteiger partial charge on any atom is -0.383 e. The Bertz CT molecular complexity index is 1220. The van der Waals surface area contributed by atoms with Gasteiger partial charge in [0, 0.05) is 42.4 Å². The van der Waals surface area contributed by atoms with Crippen LogP contribution in [0.1, 0.15) is 24.6 Å². The fourth-order valence-electron chi connectivity index (χ4n) is 3.22. The quantitative estimate of drug-likeness (QED) is 0.447. The topological polar surface area (TPSA) is 95.9 Å². The number of benzene rings is 1. The maximum Gasteiger partial charge on any atom is 0.261 e. The zero-order chi connectivity index (χ0) is 21.1. The smallest absolute Gasteiger partial charge is 0.261 e. The van der Waals surface area contributed by atoms with Crippen molar-refractivity contribution in [2.24, 2.45) is 0 Å². The van der Waals surface area contributed by atoms with Crippen LogP contribution in [0.2, 0.25) is 5.02 Å². The summed E-state index contributed by atoms with van der Waals surface area (Å²) in [5, 5.41) is 5.09. The lowest BCUT2D eigenvalue weighted by Gasteiger charge is -2.15. The Kier molecular flexibility index (Phi) is 5.87. The lowest BCUT2D eigenvalue weighted by Crippen LogP contribution is -2.28. The fourth-order valence-corrected chi connectivity index (χ4v) is 3.38. The molecule has 1 atom stereocenters. The Morgan fingerprint density at radius 1 is 1.27 bits per heavy atom. The first-order chi connectivity index (χ1) is 14.6. The van der Waals surface area contributed by atoms with Gasteiger partial charge >= 0.3 is 0 Å². The molecule has 0 saturated heterocycles. The molecule has 4 aromatic rings. The van der Waals surface area contributed by atoms with E-state index in [0.29, 0.717) is 53.0 Å². The molecular weight excluding hydrogens is 406 g/mol. The highest BCUT2D eigenvalue weighted by Gasteiger charge is 2.20. The predicted molar refractivity (Wildman–Crippen MR) is 113 cm³/mol. The monoisotopic (exact) mass is 425 g/mol. The number of nitrogens with zero attached hydrogens (tertiary/aromatic N) is 5. The standard InChI is InChI=1S/C21H20ClN5O3/c1-13(20-25-19(26-30-20)14-4-3-7-23-12-14)10-18-24-17-11-15(22)5-6-16(17)21(28)27(18)8-9-29-2/h3-7,11-13H,8-10H2,1-2H3. The van der Waals surface area contributed by atoms with Gasteiger partial charge < -0.3 is 9.26 Å². The van der Waals surface area contributed by atoms with E-state index in [9.17, 15) is 4.79 Å². The molecule has 3 aromatic heterocycles. The summed E-state index contributed by atoms with van der Waals surface area (Å²) < 4.78 is 12.3. The van der Waals surface area contributed by atoms with Crippen LogP contribution in [0.4, 0.5) is 0 Å². The summed E-state index contributed by atoms with van der Waals surface area (Å²) >= 11 is 6.10. The van der Waals surface area contributed by atoms with Gasteiger partial charge in [0.25, 0.3) is 5.56 Å². The van der Waals surface area contributed by atoms with Crippen LogP contribution in [0.15, 0.2) is 52.0 Å². The van der Waals surface area contributed by atoms with Gasteiger partial charge in [-0.1, -0.05) is 23.7 Å². The Morgan fingerprint density at radius 3 is 2.90 bits per heavy atom. The molecule has 0 fully saturated rings. The molecule has 1 aromatic carbocycles. The largest absolute Gasteiger partial charge is 0.383 e. The van der Waals surface area contributed by atoms with Crippen LogP contribution < -0.4 is 5.56 Å². The van der Waals surface area contributed by atoms with Crippen LogP contribution in [0, 0.1) is 0 Å². The van der Waals surface area contributed by atoms with Crippen LogP contribution in [0.3, 0.4) is 0 Å². The average Bonchev–Trinajstić information content (AvgIpc) is 3.24. The van der Waals surface area contributed by atoms with Gasteiger partial charge in [0.15, 0.2) is 0 Å². The number of aromatic nitrogens is 5. The highest BCUT2D eigenvalue weighted by molar-refractivity contribution is 6.31. The summed E-state index contributed by atoms with van der Waals surface area (Å²) in [5.41, 5.74) is 1.21. The van der Waals surface area contributed by atoms with Crippen LogP contribution in [0.5, 0.6) is 0 Å². The number of hydrogen-bond acceptors (Lipinski definition) is 7. The van der Waals surface area contributed by atoms with E-state index < -0.39 is 0 Å². The molecule has 1 unspecified atom stereocenters. The van der Waals surface area contributed by atoms with Gasteiger partial charge in [-0.25, -0.2) is 4.98 Å². The minimum absolute atomic E-state index is 0.127. The third-order valence-electron chi connectivity index (χ3n) is 4.79. The Labute approximate surface area is 177 Å². The van der Waals surface area contributed by atoms with E-state index in [2.05, 4.69) is 15.1 Å². The number of hydrogen-bond donors (Lipinski definition) is 0. The number of rotatable bonds is 7. The van der Waals surface area contributed by atoms with Gasteiger partial charge in [0.05, 0.1) is 24.1 Å². The molecule has 0 aliphatic rings. The lowest BCUT2D eigenvalue weighted by atomic mass is 10.1. The molecule has 0 saturated carbocycles. The Hall–Kier alpha value is -3.10. The zero-order valence-corrected chi connectivity index (χ0v) is 17.3. The predicted octanol–water partition coefficient (Wildman–Crippen LogP) is 3.49. The normalized spacial score (nSPS) is 12.4. The summed E-state index contributed by atoms with van der Waals surface area (Å²) in [6.45, 7) is 2.75.